The van der Waals surface area contributed by atoms with Gasteiger partial charge < -0.3 is 15.5 Å². The molecule has 0 fully saturated rings. The number of benzene rings is 1. The van der Waals surface area contributed by atoms with Crippen molar-refractivity contribution < 1.29 is 10.2 Å². The van der Waals surface area contributed by atoms with Crippen LogP contribution in [0.5, 0.6) is 5.75 Å². The highest BCUT2D eigenvalue weighted by molar-refractivity contribution is 5.38. The molecular weight excluding hydrogens is 238 g/mol. The zero-order valence-corrected chi connectivity index (χ0v) is 12.7. The summed E-state index contributed by atoms with van der Waals surface area (Å²) < 4.78 is 0. The summed E-state index contributed by atoms with van der Waals surface area (Å²) in [5, 5.41) is 22.5. The van der Waals surface area contributed by atoms with Crippen LogP contribution in [0, 0.1) is 5.92 Å². The Kier molecular flexibility index (Phi) is 5.39. The molecule has 0 radical (unpaired) electrons. The molecule has 0 aromatic heterocycles. The number of phenolic OH excluding ortho intramolecular Hbond substituents is 1. The minimum absolute atomic E-state index is 0.0534. The van der Waals surface area contributed by atoms with Gasteiger partial charge in [-0.2, -0.15) is 0 Å². The van der Waals surface area contributed by atoms with Gasteiger partial charge in [-0.05, 0) is 23.0 Å². The van der Waals surface area contributed by atoms with Gasteiger partial charge in [0, 0.05) is 18.2 Å². The first-order valence-corrected chi connectivity index (χ1v) is 6.92. The van der Waals surface area contributed by atoms with Crippen molar-refractivity contribution in [3.63, 3.8) is 0 Å². The molecule has 0 unspecified atom stereocenters. The second kappa shape index (κ2) is 6.40. The van der Waals surface area contributed by atoms with E-state index in [1.807, 2.05) is 12.1 Å². The highest BCUT2D eigenvalue weighted by atomic mass is 16.3. The van der Waals surface area contributed by atoms with E-state index in [2.05, 4.69) is 39.9 Å². The third-order valence-electron chi connectivity index (χ3n) is 3.50. The minimum Gasteiger partial charge on any atom is -0.508 e. The number of aliphatic hydroxyl groups is 1. The van der Waals surface area contributed by atoms with Gasteiger partial charge in [0.05, 0.1) is 6.61 Å². The summed E-state index contributed by atoms with van der Waals surface area (Å²) >= 11 is 0. The Morgan fingerprint density at radius 1 is 1.21 bits per heavy atom. The van der Waals surface area contributed by atoms with Crippen molar-refractivity contribution in [1.82, 2.24) is 5.32 Å². The highest BCUT2D eigenvalue weighted by Crippen LogP contribution is 2.27. The molecule has 108 valence electrons. The second-order valence-electron chi connectivity index (χ2n) is 6.51. The molecule has 19 heavy (non-hydrogen) atoms. The predicted molar refractivity (Wildman–Crippen MR) is 79.4 cm³/mol. The standard InChI is InChI=1S/C16H27NO2/c1-11(2)14(10-18)17-9-12-8-13(16(3,4)5)6-7-15(12)19/h6-8,11,14,17-19H,9-10H2,1-5H3/t14-/m1/s1. The topological polar surface area (TPSA) is 52.5 Å². The van der Waals surface area contributed by atoms with Gasteiger partial charge >= 0.3 is 0 Å². The molecule has 0 spiro atoms. The lowest BCUT2D eigenvalue weighted by Gasteiger charge is -2.23. The van der Waals surface area contributed by atoms with Crippen LogP contribution in [-0.4, -0.2) is 22.9 Å². The van der Waals surface area contributed by atoms with Gasteiger partial charge in [0.15, 0.2) is 0 Å². The molecule has 1 aromatic rings. The number of aliphatic hydroxyl groups excluding tert-OH is 1. The monoisotopic (exact) mass is 265 g/mol. The lowest BCUT2D eigenvalue weighted by Crippen LogP contribution is -2.36. The zero-order valence-electron chi connectivity index (χ0n) is 12.7. The van der Waals surface area contributed by atoms with E-state index in [-0.39, 0.29) is 18.1 Å². The van der Waals surface area contributed by atoms with Crippen LogP contribution >= 0.6 is 0 Å². The van der Waals surface area contributed by atoms with Crippen LogP contribution in [0.3, 0.4) is 0 Å². The molecule has 0 saturated heterocycles. The van der Waals surface area contributed by atoms with Crippen molar-refractivity contribution in [2.45, 2.75) is 52.6 Å². The molecule has 0 heterocycles. The largest absolute Gasteiger partial charge is 0.508 e. The summed E-state index contributed by atoms with van der Waals surface area (Å²) in [5.74, 6) is 0.666. The fourth-order valence-corrected chi connectivity index (χ4v) is 1.95. The van der Waals surface area contributed by atoms with E-state index < -0.39 is 0 Å². The summed E-state index contributed by atoms with van der Waals surface area (Å²) in [6.45, 7) is 11.3. The third kappa shape index (κ3) is 4.51. The first-order chi connectivity index (χ1) is 8.75. The minimum atomic E-state index is 0.0534. The molecule has 0 saturated carbocycles. The van der Waals surface area contributed by atoms with E-state index in [4.69, 9.17) is 0 Å². The summed E-state index contributed by atoms with van der Waals surface area (Å²) in [4.78, 5) is 0. The normalized spacial score (nSPS) is 13.8. The van der Waals surface area contributed by atoms with Crippen molar-refractivity contribution in [3.8, 4) is 5.75 Å². The molecule has 0 amide bonds. The van der Waals surface area contributed by atoms with Crippen molar-refractivity contribution in [2.24, 2.45) is 5.92 Å². The molecule has 1 atom stereocenters. The van der Waals surface area contributed by atoms with Gasteiger partial charge in [0.1, 0.15) is 5.75 Å². The Labute approximate surface area is 116 Å². The molecule has 0 bridgehead atoms. The van der Waals surface area contributed by atoms with E-state index in [1.54, 1.807) is 6.07 Å². The maximum Gasteiger partial charge on any atom is 0.120 e. The summed E-state index contributed by atoms with van der Waals surface area (Å²) in [6.07, 6.45) is 0. The fraction of sp³-hybridized carbons (Fsp3) is 0.625. The Hall–Kier alpha value is -1.06. The van der Waals surface area contributed by atoms with E-state index in [1.165, 1.54) is 5.56 Å². The molecule has 1 aromatic carbocycles. The lowest BCUT2D eigenvalue weighted by molar-refractivity contribution is 0.209. The van der Waals surface area contributed by atoms with Gasteiger partial charge in [-0.1, -0.05) is 46.8 Å². The van der Waals surface area contributed by atoms with Crippen molar-refractivity contribution >= 4 is 0 Å². The molecule has 3 heteroatoms. The zero-order chi connectivity index (χ0) is 14.6. The molecule has 3 N–H and O–H groups in total. The Morgan fingerprint density at radius 2 is 1.84 bits per heavy atom. The maximum absolute atomic E-state index is 9.92. The Morgan fingerprint density at radius 3 is 2.32 bits per heavy atom. The number of hydrogen-bond donors (Lipinski definition) is 3. The van der Waals surface area contributed by atoms with Crippen LogP contribution in [0.15, 0.2) is 18.2 Å². The number of aromatic hydroxyl groups is 1. The van der Waals surface area contributed by atoms with E-state index in [0.29, 0.717) is 18.2 Å². The van der Waals surface area contributed by atoms with Crippen LogP contribution in [0.4, 0.5) is 0 Å². The van der Waals surface area contributed by atoms with Gasteiger partial charge in [0.25, 0.3) is 0 Å². The van der Waals surface area contributed by atoms with Crippen molar-refractivity contribution in [2.75, 3.05) is 6.61 Å². The van der Waals surface area contributed by atoms with Gasteiger partial charge in [-0.25, -0.2) is 0 Å². The number of nitrogens with one attached hydrogen (secondary N) is 1. The third-order valence-corrected chi connectivity index (χ3v) is 3.50. The average Bonchev–Trinajstić information content (AvgIpc) is 2.30. The second-order valence-corrected chi connectivity index (χ2v) is 6.51. The molecular formula is C16H27NO2. The summed E-state index contributed by atoms with van der Waals surface area (Å²) in [5.41, 5.74) is 2.15. The van der Waals surface area contributed by atoms with E-state index >= 15 is 0 Å². The van der Waals surface area contributed by atoms with Crippen LogP contribution in [0.2, 0.25) is 0 Å². The van der Waals surface area contributed by atoms with E-state index in [9.17, 15) is 10.2 Å². The Balaban J connectivity index is 2.83. The molecule has 0 aliphatic carbocycles. The highest BCUT2D eigenvalue weighted by Gasteiger charge is 2.16. The van der Waals surface area contributed by atoms with Crippen molar-refractivity contribution in [3.05, 3.63) is 29.3 Å². The predicted octanol–water partition coefficient (Wildman–Crippen LogP) is 2.80. The van der Waals surface area contributed by atoms with Crippen molar-refractivity contribution in [1.29, 1.82) is 0 Å². The first kappa shape index (κ1) is 16.0. The molecule has 0 aliphatic rings. The van der Waals surface area contributed by atoms with Gasteiger partial charge in [0.2, 0.25) is 0 Å². The quantitative estimate of drug-likeness (QED) is 0.767. The molecule has 3 nitrogen and oxygen atoms in total. The van der Waals surface area contributed by atoms with Gasteiger partial charge in [-0.15, -0.1) is 0 Å². The number of phenols is 1. The van der Waals surface area contributed by atoms with E-state index in [0.717, 1.165) is 5.56 Å². The number of rotatable bonds is 5. The van der Waals surface area contributed by atoms with Crippen LogP contribution in [-0.2, 0) is 12.0 Å². The first-order valence-electron chi connectivity index (χ1n) is 6.92. The number of hydrogen-bond acceptors (Lipinski definition) is 3. The fourth-order valence-electron chi connectivity index (χ4n) is 1.95. The Bertz CT molecular complexity index is 408. The summed E-state index contributed by atoms with van der Waals surface area (Å²) in [6, 6.07) is 5.81. The van der Waals surface area contributed by atoms with Crippen LogP contribution in [0.1, 0.15) is 45.7 Å². The lowest BCUT2D eigenvalue weighted by atomic mass is 9.86. The van der Waals surface area contributed by atoms with Crippen LogP contribution < -0.4 is 5.32 Å². The smallest absolute Gasteiger partial charge is 0.120 e. The van der Waals surface area contributed by atoms with Gasteiger partial charge in [-0.3, -0.25) is 0 Å². The molecule has 1 rings (SSSR count). The average molecular weight is 265 g/mol. The SMILES string of the molecule is CC(C)[C@@H](CO)NCc1cc(C(C)(C)C)ccc1O. The maximum atomic E-state index is 9.92. The summed E-state index contributed by atoms with van der Waals surface area (Å²) in [7, 11) is 0. The van der Waals surface area contributed by atoms with Crippen LogP contribution in [0.25, 0.3) is 0 Å². The molecule has 0 aliphatic heterocycles.